The molecule has 0 heterocycles. The summed E-state index contributed by atoms with van der Waals surface area (Å²) in [5.41, 5.74) is 0. The van der Waals surface area contributed by atoms with Gasteiger partial charge in [0.15, 0.2) is 0 Å². The summed E-state index contributed by atoms with van der Waals surface area (Å²) < 4.78 is 31.6. The van der Waals surface area contributed by atoms with Gasteiger partial charge in [-0.2, -0.15) is 8.42 Å². The van der Waals surface area contributed by atoms with Crippen LogP contribution < -0.4 is 0 Å². The SMILES string of the molecule is O=S(=O)(O)O.[KH].[MgH2]. The van der Waals surface area contributed by atoms with Crippen molar-refractivity contribution in [3.8, 4) is 0 Å². The molecule has 0 fully saturated rings. The summed E-state index contributed by atoms with van der Waals surface area (Å²) in [6.45, 7) is 0. The first-order valence-electron chi connectivity index (χ1n) is 0.698. The van der Waals surface area contributed by atoms with Crippen LogP contribution in [0.4, 0.5) is 0 Å². The van der Waals surface area contributed by atoms with Crippen molar-refractivity contribution in [2.45, 2.75) is 0 Å². The second kappa shape index (κ2) is 6.39. The first-order chi connectivity index (χ1) is 2.00. The van der Waals surface area contributed by atoms with Crippen molar-refractivity contribution in [3.63, 3.8) is 0 Å². The Morgan fingerprint density at radius 3 is 1.14 bits per heavy atom. The molecule has 0 aliphatic carbocycles. The number of hydrogen-bond acceptors (Lipinski definition) is 2. The molecule has 0 atom stereocenters. The Morgan fingerprint density at radius 2 is 1.14 bits per heavy atom. The molecule has 0 aliphatic rings. The summed E-state index contributed by atoms with van der Waals surface area (Å²) in [4.78, 5) is 0. The van der Waals surface area contributed by atoms with Crippen LogP contribution in [-0.2, 0) is 10.4 Å². The van der Waals surface area contributed by atoms with Crippen molar-refractivity contribution in [2.75, 3.05) is 0 Å². The summed E-state index contributed by atoms with van der Waals surface area (Å²) in [7, 11) is -4.67. The van der Waals surface area contributed by atoms with E-state index in [1.165, 1.54) is 0 Å². The predicted molar refractivity (Wildman–Crippen MR) is 29.9 cm³/mol. The molecule has 0 aromatic heterocycles. The van der Waals surface area contributed by atoms with Crippen LogP contribution >= 0.6 is 0 Å². The largest absolute Gasteiger partial charge is 0.316 e. The molecule has 0 aromatic carbocycles. The molecular weight excluding hydrogens is 159 g/mol. The summed E-state index contributed by atoms with van der Waals surface area (Å²) in [6.07, 6.45) is 0. The van der Waals surface area contributed by atoms with Gasteiger partial charge < -0.3 is 0 Å². The van der Waals surface area contributed by atoms with Gasteiger partial charge in [-0.05, 0) is 0 Å². The Labute approximate surface area is 100 Å². The molecule has 0 rings (SSSR count). The fraction of sp³-hybridized carbons (Fsp3) is 0. The van der Waals surface area contributed by atoms with Gasteiger partial charge >= 0.3 is 84.8 Å². The second-order valence-corrected chi connectivity index (χ2v) is 1.34. The fourth-order valence-electron chi connectivity index (χ4n) is 0. The van der Waals surface area contributed by atoms with Crippen molar-refractivity contribution in [1.29, 1.82) is 0 Å². The minimum atomic E-state index is -4.67. The van der Waals surface area contributed by atoms with Gasteiger partial charge in [0, 0.05) is 0 Å². The summed E-state index contributed by atoms with van der Waals surface area (Å²) >= 11 is 0. The van der Waals surface area contributed by atoms with Gasteiger partial charge in [-0.1, -0.05) is 0 Å². The van der Waals surface area contributed by atoms with Gasteiger partial charge in [-0.3, -0.25) is 9.11 Å². The van der Waals surface area contributed by atoms with Gasteiger partial charge in [0.1, 0.15) is 0 Å². The molecule has 4 nitrogen and oxygen atoms in total. The van der Waals surface area contributed by atoms with Crippen LogP contribution in [0.1, 0.15) is 0 Å². The molecule has 2 N–H and O–H groups in total. The van der Waals surface area contributed by atoms with Crippen LogP contribution in [0.15, 0.2) is 0 Å². The number of rotatable bonds is 0. The third-order valence-corrected chi connectivity index (χ3v) is 0. The third kappa shape index (κ3) is 63.0. The van der Waals surface area contributed by atoms with Gasteiger partial charge in [0.2, 0.25) is 0 Å². The summed E-state index contributed by atoms with van der Waals surface area (Å²) in [5, 5.41) is 0. The van der Waals surface area contributed by atoms with Crippen molar-refractivity contribution < 1.29 is 17.5 Å². The maximum atomic E-state index is 8.74. The molecule has 7 heteroatoms. The Balaban J connectivity index is -0.0000000800. The van der Waals surface area contributed by atoms with E-state index < -0.39 is 10.4 Å². The third-order valence-electron chi connectivity index (χ3n) is 0. The van der Waals surface area contributed by atoms with Gasteiger partial charge in [0.05, 0.1) is 0 Å². The smallest absolute Gasteiger partial charge is 0.316 e. The minimum absolute atomic E-state index is 0. The molecule has 0 aromatic rings. The molecule has 0 unspecified atom stereocenters. The van der Waals surface area contributed by atoms with Crippen LogP contribution in [0.5, 0.6) is 0 Å². The molecule has 0 bridgehead atoms. The number of hydrogen-bond donors (Lipinski definition) is 2. The van der Waals surface area contributed by atoms with Crippen molar-refractivity contribution in [2.24, 2.45) is 0 Å². The maximum absolute atomic E-state index is 8.74. The first kappa shape index (κ1) is 16.1. The zero-order valence-electron chi connectivity index (χ0n) is 2.12. The Hall–Kier alpha value is 2.27. The van der Waals surface area contributed by atoms with E-state index in [4.69, 9.17) is 17.5 Å². The first-order valence-corrected chi connectivity index (χ1v) is 2.10. The van der Waals surface area contributed by atoms with Crippen LogP contribution in [0.3, 0.4) is 0 Å². The Bertz CT molecular complexity index is 94.9. The van der Waals surface area contributed by atoms with Crippen LogP contribution in [0, 0.1) is 0 Å². The van der Waals surface area contributed by atoms with Gasteiger partial charge in [-0.15, -0.1) is 0 Å². The second-order valence-electron chi connectivity index (χ2n) is 0.448. The zero-order chi connectivity index (χ0) is 4.50. The monoisotopic (exact) mass is 164 g/mol. The molecule has 38 valence electrons. The minimum Gasteiger partial charge on any atom is 0.316 e. The van der Waals surface area contributed by atoms with Crippen LogP contribution in [0.2, 0.25) is 0 Å². The Morgan fingerprint density at radius 1 is 1.14 bits per heavy atom. The van der Waals surface area contributed by atoms with Gasteiger partial charge in [-0.25, -0.2) is 0 Å². The van der Waals surface area contributed by atoms with E-state index in [1.54, 1.807) is 0 Å². The summed E-state index contributed by atoms with van der Waals surface area (Å²) in [5.74, 6) is 0. The van der Waals surface area contributed by atoms with Crippen LogP contribution in [-0.4, -0.2) is 92.0 Å². The normalized spacial score (nSPS) is 8.29. The van der Waals surface area contributed by atoms with Crippen LogP contribution in [0.25, 0.3) is 0 Å². The Kier molecular flexibility index (Phi) is 14.7. The maximum Gasteiger partial charge on any atom is 0.316 e. The molecule has 0 saturated carbocycles. The standard InChI is InChI=1S/K.Mg.H2O4S.3H/c;;1-5(2,3)4;;;/h;;(H2,1,2,3,4);;;. The van der Waals surface area contributed by atoms with E-state index in [9.17, 15) is 0 Å². The molecule has 0 amide bonds. The van der Waals surface area contributed by atoms with E-state index >= 15 is 0 Å². The fourth-order valence-corrected chi connectivity index (χ4v) is 0. The average Bonchev–Trinajstić information content (AvgIpc) is 0.722. The van der Waals surface area contributed by atoms with E-state index in [0.29, 0.717) is 0 Å². The topological polar surface area (TPSA) is 74.6 Å². The molecule has 7 heavy (non-hydrogen) atoms. The van der Waals surface area contributed by atoms with E-state index in [-0.39, 0.29) is 74.4 Å². The molecule has 0 spiro atoms. The average molecular weight is 165 g/mol. The quantitative estimate of drug-likeness (QED) is 0.314. The molecule has 0 saturated heterocycles. The zero-order valence-corrected chi connectivity index (χ0v) is 2.94. The van der Waals surface area contributed by atoms with Crippen molar-refractivity contribution >= 4 is 84.8 Å². The molecule has 0 radical (unpaired) electrons. The molecular formula is H5KMgO4S. The van der Waals surface area contributed by atoms with E-state index in [0.717, 1.165) is 0 Å². The van der Waals surface area contributed by atoms with E-state index in [1.807, 2.05) is 0 Å². The summed E-state index contributed by atoms with van der Waals surface area (Å²) in [6, 6.07) is 0. The molecule has 0 aliphatic heterocycles. The van der Waals surface area contributed by atoms with Gasteiger partial charge in [0.25, 0.3) is 0 Å². The van der Waals surface area contributed by atoms with E-state index in [2.05, 4.69) is 0 Å². The van der Waals surface area contributed by atoms with Crippen molar-refractivity contribution in [1.82, 2.24) is 0 Å². The van der Waals surface area contributed by atoms with Crippen molar-refractivity contribution in [3.05, 3.63) is 0 Å². The predicted octanol–water partition coefficient (Wildman–Crippen LogP) is -2.22.